The van der Waals surface area contributed by atoms with Crippen molar-refractivity contribution >= 4 is 34.4 Å². The van der Waals surface area contributed by atoms with Gasteiger partial charge in [-0.15, -0.1) is 11.3 Å². The molecule has 1 aromatic carbocycles. The Morgan fingerprint density at radius 3 is 2.48 bits per heavy atom. The molecule has 2 heterocycles. The topological polar surface area (TPSA) is 58.6 Å². The lowest BCUT2D eigenvalue weighted by atomic mass is 10.1. The molecule has 2 aromatic rings. The molecule has 0 saturated heterocycles. The smallest absolute Gasteiger partial charge is 0.278 e. The third-order valence-corrected chi connectivity index (χ3v) is 5.19. The fourth-order valence-corrected chi connectivity index (χ4v) is 3.97. The highest BCUT2D eigenvalue weighted by atomic mass is 32.1. The fraction of sp³-hybridized carbons (Fsp3) is 0.333. The number of nitrogens with zero attached hydrogens (tertiary/aromatic N) is 1. The van der Waals surface area contributed by atoms with E-state index in [1.165, 1.54) is 16.2 Å². The first kappa shape index (κ1) is 19.3. The zero-order valence-corrected chi connectivity index (χ0v) is 16.7. The van der Waals surface area contributed by atoms with Gasteiger partial charge in [-0.05, 0) is 61.9 Å². The summed E-state index contributed by atoms with van der Waals surface area (Å²) < 4.78 is 5.34. The minimum absolute atomic E-state index is 0.245. The maximum Gasteiger partial charge on any atom is 0.278 e. The first-order chi connectivity index (χ1) is 13.0. The summed E-state index contributed by atoms with van der Waals surface area (Å²) in [5.74, 6) is -0.523. The van der Waals surface area contributed by atoms with E-state index in [4.69, 9.17) is 4.74 Å². The largest absolute Gasteiger partial charge is 0.382 e. The Kier molecular flexibility index (Phi) is 6.08. The van der Waals surface area contributed by atoms with E-state index in [0.717, 1.165) is 21.7 Å². The van der Waals surface area contributed by atoms with Crippen molar-refractivity contribution in [2.45, 2.75) is 27.2 Å². The van der Waals surface area contributed by atoms with Crippen molar-refractivity contribution in [1.29, 1.82) is 0 Å². The van der Waals surface area contributed by atoms with Gasteiger partial charge in [-0.1, -0.05) is 12.1 Å². The van der Waals surface area contributed by atoms with E-state index in [2.05, 4.69) is 11.4 Å². The van der Waals surface area contributed by atoms with Crippen molar-refractivity contribution in [3.05, 3.63) is 57.4 Å². The summed E-state index contributed by atoms with van der Waals surface area (Å²) in [6.45, 7) is 7.45. The van der Waals surface area contributed by atoms with Crippen molar-refractivity contribution in [3.8, 4) is 0 Å². The van der Waals surface area contributed by atoms with Crippen molar-refractivity contribution in [2.24, 2.45) is 0 Å². The van der Waals surface area contributed by atoms with Crippen LogP contribution in [0.1, 0.15) is 29.3 Å². The maximum absolute atomic E-state index is 13.0. The Morgan fingerprint density at radius 2 is 1.85 bits per heavy atom. The fourth-order valence-electron chi connectivity index (χ4n) is 3.20. The summed E-state index contributed by atoms with van der Waals surface area (Å²) in [5.41, 5.74) is 3.81. The van der Waals surface area contributed by atoms with Crippen LogP contribution in [0, 0.1) is 13.8 Å². The molecule has 27 heavy (non-hydrogen) atoms. The number of imide groups is 1. The van der Waals surface area contributed by atoms with Crippen molar-refractivity contribution < 1.29 is 14.3 Å². The second-order valence-electron chi connectivity index (χ2n) is 6.54. The third kappa shape index (κ3) is 4.28. The van der Waals surface area contributed by atoms with Gasteiger partial charge in [0.15, 0.2) is 0 Å². The van der Waals surface area contributed by atoms with E-state index in [0.29, 0.717) is 37.4 Å². The Morgan fingerprint density at radius 1 is 1.11 bits per heavy atom. The Labute approximate surface area is 163 Å². The van der Waals surface area contributed by atoms with Gasteiger partial charge in [0.05, 0.1) is 5.57 Å². The molecule has 0 aliphatic carbocycles. The number of rotatable bonds is 8. The van der Waals surface area contributed by atoms with Gasteiger partial charge in [-0.25, -0.2) is 0 Å². The summed E-state index contributed by atoms with van der Waals surface area (Å²) >= 11 is 1.46. The minimum atomic E-state index is -0.279. The molecule has 0 fully saturated rings. The molecule has 2 amide bonds. The van der Waals surface area contributed by atoms with Crippen LogP contribution in [0.3, 0.4) is 0 Å². The molecule has 142 valence electrons. The minimum Gasteiger partial charge on any atom is -0.382 e. The number of amides is 2. The lowest BCUT2D eigenvalue weighted by molar-refractivity contribution is -0.137. The summed E-state index contributed by atoms with van der Waals surface area (Å²) in [6, 6.07) is 9.78. The number of nitrogens with one attached hydrogen (secondary N) is 1. The average Bonchev–Trinajstić information content (AvgIpc) is 3.20. The average molecular weight is 385 g/mol. The first-order valence-electron chi connectivity index (χ1n) is 9.08. The van der Waals surface area contributed by atoms with Crippen LogP contribution in [-0.4, -0.2) is 36.5 Å². The number of ether oxygens (including phenoxy) is 1. The molecule has 0 saturated carbocycles. The van der Waals surface area contributed by atoms with Crippen LogP contribution < -0.4 is 5.32 Å². The molecular formula is C21H24N2O3S. The Bertz CT molecular complexity index is 851. The van der Waals surface area contributed by atoms with E-state index in [1.54, 1.807) is 0 Å². The maximum atomic E-state index is 13.0. The van der Waals surface area contributed by atoms with Gasteiger partial charge in [0.25, 0.3) is 11.8 Å². The van der Waals surface area contributed by atoms with E-state index >= 15 is 0 Å². The van der Waals surface area contributed by atoms with Crippen LogP contribution in [0.5, 0.6) is 0 Å². The number of benzene rings is 1. The van der Waals surface area contributed by atoms with Gasteiger partial charge in [-0.3, -0.25) is 14.5 Å². The molecule has 5 nitrogen and oxygen atoms in total. The monoisotopic (exact) mass is 384 g/mol. The summed E-state index contributed by atoms with van der Waals surface area (Å²) in [5, 5.41) is 5.12. The van der Waals surface area contributed by atoms with E-state index < -0.39 is 0 Å². The Hall–Kier alpha value is -2.44. The van der Waals surface area contributed by atoms with Gasteiger partial charge in [-0.2, -0.15) is 0 Å². The van der Waals surface area contributed by atoms with Crippen LogP contribution in [-0.2, 0) is 14.3 Å². The highest BCUT2D eigenvalue weighted by Gasteiger charge is 2.39. The summed E-state index contributed by atoms with van der Waals surface area (Å²) in [7, 11) is 0. The lowest BCUT2D eigenvalue weighted by Gasteiger charge is -2.15. The SMILES string of the molecule is CCOCCCN1C(=O)C(Nc2cc(C)cc(C)c2)=C(c2cccs2)C1=O. The highest BCUT2D eigenvalue weighted by Crippen LogP contribution is 2.33. The highest BCUT2D eigenvalue weighted by molar-refractivity contribution is 7.11. The summed E-state index contributed by atoms with van der Waals surface area (Å²) in [6.07, 6.45) is 0.625. The molecule has 1 aliphatic heterocycles. The van der Waals surface area contributed by atoms with Crippen molar-refractivity contribution in [2.75, 3.05) is 25.1 Å². The van der Waals surface area contributed by atoms with E-state index in [-0.39, 0.29) is 11.8 Å². The predicted molar refractivity (Wildman–Crippen MR) is 109 cm³/mol. The zero-order valence-electron chi connectivity index (χ0n) is 15.9. The number of thiophene rings is 1. The van der Waals surface area contributed by atoms with Crippen LogP contribution in [0.4, 0.5) is 5.69 Å². The molecule has 0 bridgehead atoms. The standard InChI is InChI=1S/C21H24N2O3S/c1-4-26-9-6-8-23-20(24)18(17-7-5-10-27-17)19(21(23)25)22-16-12-14(2)11-15(3)13-16/h5,7,10-13,22H,4,6,8-9H2,1-3H3. The molecular weight excluding hydrogens is 360 g/mol. The molecule has 6 heteroatoms. The second-order valence-corrected chi connectivity index (χ2v) is 7.49. The Balaban J connectivity index is 1.90. The molecule has 1 N–H and O–H groups in total. The number of anilines is 1. The van der Waals surface area contributed by atoms with E-state index in [1.807, 2.05) is 50.4 Å². The van der Waals surface area contributed by atoms with Gasteiger partial charge < -0.3 is 10.1 Å². The van der Waals surface area contributed by atoms with E-state index in [9.17, 15) is 9.59 Å². The molecule has 1 aromatic heterocycles. The van der Waals surface area contributed by atoms with Crippen LogP contribution in [0.25, 0.3) is 5.57 Å². The molecule has 0 unspecified atom stereocenters. The van der Waals surface area contributed by atoms with Crippen molar-refractivity contribution in [3.63, 3.8) is 0 Å². The third-order valence-electron chi connectivity index (χ3n) is 4.30. The number of hydrogen-bond donors (Lipinski definition) is 1. The van der Waals surface area contributed by atoms with Crippen LogP contribution >= 0.6 is 11.3 Å². The van der Waals surface area contributed by atoms with Crippen molar-refractivity contribution in [1.82, 2.24) is 4.90 Å². The number of carbonyl (C=O) groups excluding carboxylic acids is 2. The van der Waals surface area contributed by atoms with Crippen LogP contribution in [0.2, 0.25) is 0 Å². The second kappa shape index (κ2) is 8.50. The zero-order chi connectivity index (χ0) is 19.4. The quantitative estimate of drug-likeness (QED) is 0.552. The van der Waals surface area contributed by atoms with Gasteiger partial charge in [0.2, 0.25) is 0 Å². The first-order valence-corrected chi connectivity index (χ1v) is 9.96. The molecule has 1 aliphatic rings. The normalized spacial score (nSPS) is 14.4. The van der Waals surface area contributed by atoms with Crippen LogP contribution in [0.15, 0.2) is 41.4 Å². The number of aryl methyl sites for hydroxylation is 2. The molecule has 0 atom stereocenters. The number of hydrogen-bond acceptors (Lipinski definition) is 5. The summed E-state index contributed by atoms with van der Waals surface area (Å²) in [4.78, 5) is 28.1. The number of carbonyl (C=O) groups is 2. The van der Waals surface area contributed by atoms with Gasteiger partial charge in [0, 0.05) is 30.3 Å². The predicted octanol–water partition coefficient (Wildman–Crippen LogP) is 3.98. The van der Waals surface area contributed by atoms with Gasteiger partial charge in [0.1, 0.15) is 5.70 Å². The molecule has 3 rings (SSSR count). The lowest BCUT2D eigenvalue weighted by Crippen LogP contribution is -2.33. The van der Waals surface area contributed by atoms with Gasteiger partial charge >= 0.3 is 0 Å². The molecule has 0 radical (unpaired) electrons. The molecule has 0 spiro atoms.